The van der Waals surface area contributed by atoms with Crippen molar-refractivity contribution in [2.75, 3.05) is 20.7 Å². The molecule has 3 heteroatoms. The number of hydrogen-bond donors (Lipinski definition) is 1. The normalized spacial score (nSPS) is 10.8. The largest absolute Gasteiger partial charge is 0.496 e. The first kappa shape index (κ1) is 10.1. The van der Waals surface area contributed by atoms with E-state index in [1.165, 1.54) is 5.56 Å². The molecule has 0 fully saturated rings. The zero-order chi connectivity index (χ0) is 10.7. The van der Waals surface area contributed by atoms with Crippen molar-refractivity contribution in [1.82, 2.24) is 5.32 Å². The number of hydrogen-bond acceptors (Lipinski definition) is 3. The monoisotopic (exact) mass is 205 g/mol. The maximum Gasteiger partial charge on any atom is 0.137 e. The summed E-state index contributed by atoms with van der Waals surface area (Å²) in [5, 5.41) is 4.22. The van der Waals surface area contributed by atoms with Gasteiger partial charge in [-0.25, -0.2) is 0 Å². The van der Waals surface area contributed by atoms with Gasteiger partial charge < -0.3 is 14.5 Å². The third-order valence-corrected chi connectivity index (χ3v) is 2.50. The Hall–Kier alpha value is -1.48. The zero-order valence-corrected chi connectivity index (χ0v) is 9.04. The summed E-state index contributed by atoms with van der Waals surface area (Å²) in [4.78, 5) is 0. The first-order valence-electron chi connectivity index (χ1n) is 5.04. The second kappa shape index (κ2) is 4.36. The van der Waals surface area contributed by atoms with Crippen LogP contribution in [-0.4, -0.2) is 20.7 Å². The van der Waals surface area contributed by atoms with Gasteiger partial charge in [-0.2, -0.15) is 0 Å². The predicted octanol–water partition coefficient (Wildman–Crippen LogP) is 2.20. The molecule has 0 bridgehead atoms. The fourth-order valence-electron chi connectivity index (χ4n) is 1.73. The molecular weight excluding hydrogens is 190 g/mol. The van der Waals surface area contributed by atoms with Gasteiger partial charge in [0, 0.05) is 5.56 Å². The number of furan rings is 1. The Morgan fingerprint density at radius 3 is 3.00 bits per heavy atom. The summed E-state index contributed by atoms with van der Waals surface area (Å²) in [5.41, 5.74) is 2.08. The van der Waals surface area contributed by atoms with Crippen molar-refractivity contribution in [1.29, 1.82) is 0 Å². The molecular formula is C12H15NO2. The molecule has 0 aliphatic heterocycles. The van der Waals surface area contributed by atoms with Gasteiger partial charge in [0.15, 0.2) is 0 Å². The lowest BCUT2D eigenvalue weighted by Gasteiger charge is -2.03. The molecule has 80 valence electrons. The molecule has 1 aromatic carbocycles. The number of benzene rings is 1. The van der Waals surface area contributed by atoms with E-state index in [0.29, 0.717) is 0 Å². The SMILES string of the molecule is CNCCc1coc2cccc(OC)c12. The molecule has 0 aliphatic carbocycles. The Morgan fingerprint density at radius 2 is 2.27 bits per heavy atom. The molecule has 3 nitrogen and oxygen atoms in total. The summed E-state index contributed by atoms with van der Waals surface area (Å²) in [6, 6.07) is 5.86. The number of methoxy groups -OCH3 is 1. The van der Waals surface area contributed by atoms with Crippen molar-refractivity contribution < 1.29 is 9.15 Å². The first-order chi connectivity index (χ1) is 7.36. The third kappa shape index (κ3) is 1.83. The lowest BCUT2D eigenvalue weighted by Crippen LogP contribution is -2.09. The topological polar surface area (TPSA) is 34.4 Å². The van der Waals surface area contributed by atoms with Crippen LogP contribution < -0.4 is 10.1 Å². The number of likely N-dealkylation sites (N-methyl/N-ethyl adjacent to an activating group) is 1. The molecule has 0 radical (unpaired) electrons. The number of fused-ring (bicyclic) bond motifs is 1. The highest BCUT2D eigenvalue weighted by Crippen LogP contribution is 2.30. The smallest absolute Gasteiger partial charge is 0.137 e. The Bertz CT molecular complexity index is 448. The van der Waals surface area contributed by atoms with Gasteiger partial charge in [-0.05, 0) is 32.1 Å². The summed E-state index contributed by atoms with van der Waals surface area (Å²) in [5.74, 6) is 0.882. The molecule has 0 saturated heterocycles. The van der Waals surface area contributed by atoms with Crippen molar-refractivity contribution in [2.24, 2.45) is 0 Å². The Balaban J connectivity index is 2.46. The predicted molar refractivity (Wildman–Crippen MR) is 60.4 cm³/mol. The summed E-state index contributed by atoms with van der Waals surface area (Å²) in [6.45, 7) is 0.937. The van der Waals surface area contributed by atoms with Crippen LogP contribution in [0.4, 0.5) is 0 Å². The van der Waals surface area contributed by atoms with Gasteiger partial charge in [0.2, 0.25) is 0 Å². The van der Waals surface area contributed by atoms with Crippen LogP contribution >= 0.6 is 0 Å². The summed E-state index contributed by atoms with van der Waals surface area (Å²) in [7, 11) is 3.63. The van der Waals surface area contributed by atoms with Crippen LogP contribution in [-0.2, 0) is 6.42 Å². The average molecular weight is 205 g/mol. The van der Waals surface area contributed by atoms with Gasteiger partial charge in [0.05, 0.1) is 18.8 Å². The molecule has 15 heavy (non-hydrogen) atoms. The van der Waals surface area contributed by atoms with Gasteiger partial charge in [-0.3, -0.25) is 0 Å². The quantitative estimate of drug-likeness (QED) is 0.831. The van der Waals surface area contributed by atoms with Crippen LogP contribution in [0.2, 0.25) is 0 Å². The van der Waals surface area contributed by atoms with Crippen molar-refractivity contribution in [3.63, 3.8) is 0 Å². The summed E-state index contributed by atoms with van der Waals surface area (Å²) in [6.07, 6.45) is 2.76. The highest BCUT2D eigenvalue weighted by atomic mass is 16.5. The van der Waals surface area contributed by atoms with E-state index in [-0.39, 0.29) is 0 Å². The minimum Gasteiger partial charge on any atom is -0.496 e. The van der Waals surface area contributed by atoms with E-state index >= 15 is 0 Å². The minimum atomic E-state index is 0.882. The Kier molecular flexibility index (Phi) is 2.92. The fraction of sp³-hybridized carbons (Fsp3) is 0.333. The highest BCUT2D eigenvalue weighted by Gasteiger charge is 2.09. The molecule has 1 heterocycles. The minimum absolute atomic E-state index is 0.882. The van der Waals surface area contributed by atoms with Gasteiger partial charge in [0.1, 0.15) is 11.3 Å². The average Bonchev–Trinajstić information content (AvgIpc) is 2.69. The highest BCUT2D eigenvalue weighted by molar-refractivity contribution is 5.87. The molecule has 1 aromatic heterocycles. The molecule has 0 unspecified atom stereocenters. The number of nitrogens with one attached hydrogen (secondary N) is 1. The molecule has 2 rings (SSSR count). The van der Waals surface area contributed by atoms with Gasteiger partial charge in [-0.15, -0.1) is 0 Å². The Labute approximate surface area is 89.0 Å². The van der Waals surface area contributed by atoms with Gasteiger partial charge in [-0.1, -0.05) is 6.07 Å². The zero-order valence-electron chi connectivity index (χ0n) is 9.04. The van der Waals surface area contributed by atoms with Crippen LogP contribution in [0, 0.1) is 0 Å². The molecule has 0 aliphatic rings. The third-order valence-electron chi connectivity index (χ3n) is 2.50. The van der Waals surface area contributed by atoms with Crippen molar-refractivity contribution in [3.05, 3.63) is 30.0 Å². The van der Waals surface area contributed by atoms with Crippen LogP contribution in [0.5, 0.6) is 5.75 Å². The van der Waals surface area contributed by atoms with Crippen LogP contribution in [0.15, 0.2) is 28.9 Å². The van der Waals surface area contributed by atoms with Gasteiger partial charge >= 0.3 is 0 Å². The van der Waals surface area contributed by atoms with E-state index in [9.17, 15) is 0 Å². The maximum atomic E-state index is 5.48. The Morgan fingerprint density at radius 1 is 1.40 bits per heavy atom. The van der Waals surface area contributed by atoms with Crippen molar-refractivity contribution in [3.8, 4) is 5.75 Å². The summed E-state index contributed by atoms with van der Waals surface area (Å²) < 4.78 is 10.8. The molecule has 0 saturated carbocycles. The second-order valence-electron chi connectivity index (χ2n) is 3.45. The lowest BCUT2D eigenvalue weighted by atomic mass is 10.1. The molecule has 0 amide bonds. The van der Waals surface area contributed by atoms with E-state index in [1.807, 2.05) is 31.5 Å². The number of ether oxygens (including phenoxy) is 1. The fourth-order valence-corrected chi connectivity index (χ4v) is 1.73. The maximum absolute atomic E-state index is 5.48. The summed E-state index contributed by atoms with van der Waals surface area (Å²) >= 11 is 0. The standard InChI is InChI=1S/C12H15NO2/c1-13-7-6-9-8-15-11-5-3-4-10(14-2)12(9)11/h3-5,8,13H,6-7H2,1-2H3. The van der Waals surface area contributed by atoms with Crippen LogP contribution in [0.1, 0.15) is 5.56 Å². The molecule has 0 atom stereocenters. The van der Waals surface area contributed by atoms with E-state index in [4.69, 9.17) is 9.15 Å². The molecule has 0 spiro atoms. The van der Waals surface area contributed by atoms with E-state index in [0.717, 1.165) is 29.7 Å². The number of rotatable bonds is 4. The second-order valence-corrected chi connectivity index (χ2v) is 3.45. The van der Waals surface area contributed by atoms with E-state index in [1.54, 1.807) is 7.11 Å². The lowest BCUT2D eigenvalue weighted by molar-refractivity contribution is 0.419. The van der Waals surface area contributed by atoms with Crippen molar-refractivity contribution >= 4 is 11.0 Å². The molecule has 1 N–H and O–H groups in total. The van der Waals surface area contributed by atoms with Crippen LogP contribution in [0.3, 0.4) is 0 Å². The van der Waals surface area contributed by atoms with Crippen molar-refractivity contribution in [2.45, 2.75) is 6.42 Å². The van der Waals surface area contributed by atoms with E-state index < -0.39 is 0 Å². The van der Waals surface area contributed by atoms with Gasteiger partial charge in [0.25, 0.3) is 0 Å². The first-order valence-corrected chi connectivity index (χ1v) is 5.04. The van der Waals surface area contributed by atoms with Crippen LogP contribution in [0.25, 0.3) is 11.0 Å². The molecule has 2 aromatic rings. The van der Waals surface area contributed by atoms with E-state index in [2.05, 4.69) is 5.32 Å².